The predicted molar refractivity (Wildman–Crippen MR) is 84.8 cm³/mol. The quantitative estimate of drug-likeness (QED) is 0.848. The van der Waals surface area contributed by atoms with E-state index in [-0.39, 0.29) is 5.78 Å². The van der Waals surface area contributed by atoms with Gasteiger partial charge in [-0.25, -0.2) is 4.98 Å². The van der Waals surface area contributed by atoms with Gasteiger partial charge in [0.25, 0.3) is 0 Å². The van der Waals surface area contributed by atoms with Crippen molar-refractivity contribution in [2.75, 3.05) is 11.9 Å². The van der Waals surface area contributed by atoms with Crippen LogP contribution in [0.2, 0.25) is 0 Å². The van der Waals surface area contributed by atoms with Gasteiger partial charge in [0.15, 0.2) is 5.78 Å². The number of ketones is 1. The van der Waals surface area contributed by atoms with Gasteiger partial charge in [-0.1, -0.05) is 23.8 Å². The molecule has 0 unspecified atom stereocenters. The molecule has 1 heterocycles. The summed E-state index contributed by atoms with van der Waals surface area (Å²) in [5.41, 5.74) is 3.39. The number of aryl methyl sites for hydroxylation is 2. The van der Waals surface area contributed by atoms with Crippen LogP contribution >= 0.6 is 0 Å². The summed E-state index contributed by atoms with van der Waals surface area (Å²) >= 11 is 0. The molecule has 0 atom stereocenters. The second-order valence-corrected chi connectivity index (χ2v) is 5.87. The van der Waals surface area contributed by atoms with E-state index in [0.717, 1.165) is 29.3 Å². The summed E-state index contributed by atoms with van der Waals surface area (Å²) in [4.78, 5) is 17.2. The Morgan fingerprint density at radius 3 is 2.76 bits per heavy atom. The molecule has 1 aromatic carbocycles. The molecule has 2 aromatic rings. The maximum absolute atomic E-state index is 12.7. The van der Waals surface area contributed by atoms with E-state index in [0.29, 0.717) is 11.4 Å². The van der Waals surface area contributed by atoms with Gasteiger partial charge in [-0.2, -0.15) is 0 Å². The van der Waals surface area contributed by atoms with E-state index in [1.807, 2.05) is 50.2 Å². The number of benzene rings is 1. The molecule has 0 radical (unpaired) electrons. The van der Waals surface area contributed by atoms with E-state index in [2.05, 4.69) is 10.3 Å². The van der Waals surface area contributed by atoms with Crippen molar-refractivity contribution < 1.29 is 4.79 Å². The SMILES string of the molecule is Cc1cccc(C(=O)c2ccc(C)nc2NCC2CC2)c1. The molecule has 1 fully saturated rings. The molecule has 0 amide bonds. The summed E-state index contributed by atoms with van der Waals surface area (Å²) in [5.74, 6) is 1.49. The van der Waals surface area contributed by atoms with Crippen molar-refractivity contribution in [1.29, 1.82) is 0 Å². The minimum absolute atomic E-state index is 0.0319. The fourth-order valence-electron chi connectivity index (χ4n) is 2.38. The van der Waals surface area contributed by atoms with E-state index in [1.54, 1.807) is 0 Å². The van der Waals surface area contributed by atoms with Gasteiger partial charge in [-0.3, -0.25) is 4.79 Å². The molecular formula is C18H20N2O. The molecule has 3 rings (SSSR count). The van der Waals surface area contributed by atoms with Crippen LogP contribution in [0.3, 0.4) is 0 Å². The highest BCUT2D eigenvalue weighted by atomic mass is 16.1. The maximum atomic E-state index is 12.7. The van der Waals surface area contributed by atoms with Crippen molar-refractivity contribution in [2.45, 2.75) is 26.7 Å². The summed E-state index contributed by atoms with van der Waals surface area (Å²) in [5, 5.41) is 3.35. The lowest BCUT2D eigenvalue weighted by atomic mass is 10.0. The second-order valence-electron chi connectivity index (χ2n) is 5.87. The Labute approximate surface area is 125 Å². The molecule has 1 saturated carbocycles. The molecule has 108 valence electrons. The zero-order chi connectivity index (χ0) is 14.8. The van der Waals surface area contributed by atoms with Crippen LogP contribution in [0.4, 0.5) is 5.82 Å². The summed E-state index contributed by atoms with van der Waals surface area (Å²) < 4.78 is 0. The molecular weight excluding hydrogens is 260 g/mol. The van der Waals surface area contributed by atoms with Gasteiger partial charge < -0.3 is 5.32 Å². The summed E-state index contributed by atoms with van der Waals surface area (Å²) in [6.45, 7) is 4.85. The van der Waals surface area contributed by atoms with Gasteiger partial charge in [-0.05, 0) is 50.8 Å². The number of carbonyl (C=O) groups excluding carboxylic acids is 1. The molecule has 0 spiro atoms. The van der Waals surface area contributed by atoms with Crippen molar-refractivity contribution in [1.82, 2.24) is 4.98 Å². The van der Waals surface area contributed by atoms with E-state index in [4.69, 9.17) is 0 Å². The van der Waals surface area contributed by atoms with E-state index in [9.17, 15) is 4.79 Å². The zero-order valence-corrected chi connectivity index (χ0v) is 12.5. The molecule has 0 aliphatic heterocycles. The second kappa shape index (κ2) is 5.68. The number of hydrogen-bond donors (Lipinski definition) is 1. The van der Waals surface area contributed by atoms with Crippen LogP contribution in [0.25, 0.3) is 0 Å². The van der Waals surface area contributed by atoms with Crippen molar-refractivity contribution in [2.24, 2.45) is 5.92 Å². The number of hydrogen-bond acceptors (Lipinski definition) is 3. The Kier molecular flexibility index (Phi) is 3.74. The average molecular weight is 280 g/mol. The Bertz CT molecular complexity index is 675. The van der Waals surface area contributed by atoms with Crippen LogP contribution in [0.5, 0.6) is 0 Å². The van der Waals surface area contributed by atoms with Gasteiger partial charge in [0.05, 0.1) is 5.56 Å². The fourth-order valence-corrected chi connectivity index (χ4v) is 2.38. The maximum Gasteiger partial charge on any atom is 0.196 e. The highest BCUT2D eigenvalue weighted by molar-refractivity contribution is 6.11. The first-order valence-electron chi connectivity index (χ1n) is 7.46. The Hall–Kier alpha value is -2.16. The first-order chi connectivity index (χ1) is 10.1. The number of pyridine rings is 1. The van der Waals surface area contributed by atoms with E-state index in [1.165, 1.54) is 12.8 Å². The third kappa shape index (κ3) is 3.30. The molecule has 1 N–H and O–H groups in total. The molecule has 1 aliphatic carbocycles. The van der Waals surface area contributed by atoms with Gasteiger partial charge in [0.1, 0.15) is 5.82 Å². The third-order valence-corrected chi connectivity index (χ3v) is 3.81. The number of nitrogens with one attached hydrogen (secondary N) is 1. The van der Waals surface area contributed by atoms with Gasteiger partial charge in [-0.15, -0.1) is 0 Å². The smallest absolute Gasteiger partial charge is 0.196 e. The van der Waals surface area contributed by atoms with Crippen LogP contribution in [-0.4, -0.2) is 17.3 Å². The summed E-state index contributed by atoms with van der Waals surface area (Å²) in [6.07, 6.45) is 2.56. The topological polar surface area (TPSA) is 42.0 Å². The van der Waals surface area contributed by atoms with Crippen LogP contribution in [-0.2, 0) is 0 Å². The van der Waals surface area contributed by atoms with Crippen LogP contribution in [0.1, 0.15) is 40.0 Å². The Balaban J connectivity index is 1.90. The van der Waals surface area contributed by atoms with Crippen LogP contribution < -0.4 is 5.32 Å². The Morgan fingerprint density at radius 2 is 2.05 bits per heavy atom. The molecule has 0 bridgehead atoms. The molecule has 3 heteroatoms. The van der Waals surface area contributed by atoms with Crippen LogP contribution in [0.15, 0.2) is 36.4 Å². The lowest BCUT2D eigenvalue weighted by molar-refractivity contribution is 0.103. The number of anilines is 1. The molecule has 3 nitrogen and oxygen atoms in total. The summed E-state index contributed by atoms with van der Waals surface area (Å²) in [6, 6.07) is 11.5. The largest absolute Gasteiger partial charge is 0.369 e. The van der Waals surface area contributed by atoms with Crippen molar-refractivity contribution in [3.05, 3.63) is 58.8 Å². The predicted octanol–water partition coefficient (Wildman–Crippen LogP) is 3.75. The molecule has 21 heavy (non-hydrogen) atoms. The number of nitrogens with zero attached hydrogens (tertiary/aromatic N) is 1. The molecule has 1 aliphatic rings. The van der Waals surface area contributed by atoms with Gasteiger partial charge >= 0.3 is 0 Å². The van der Waals surface area contributed by atoms with Gasteiger partial charge in [0, 0.05) is 17.8 Å². The van der Waals surface area contributed by atoms with Crippen molar-refractivity contribution in [3.63, 3.8) is 0 Å². The first-order valence-corrected chi connectivity index (χ1v) is 7.46. The van der Waals surface area contributed by atoms with Crippen LogP contribution in [0, 0.1) is 19.8 Å². The normalized spacial score (nSPS) is 14.0. The first kappa shape index (κ1) is 13.8. The van der Waals surface area contributed by atoms with E-state index < -0.39 is 0 Å². The van der Waals surface area contributed by atoms with E-state index >= 15 is 0 Å². The standard InChI is InChI=1S/C18H20N2O/c1-12-4-3-5-15(10-12)17(21)16-9-6-13(2)20-18(16)19-11-14-7-8-14/h3-6,9-10,14H,7-8,11H2,1-2H3,(H,19,20). The Morgan fingerprint density at radius 1 is 1.24 bits per heavy atom. The van der Waals surface area contributed by atoms with Crippen molar-refractivity contribution >= 4 is 11.6 Å². The molecule has 1 aromatic heterocycles. The highest BCUT2D eigenvalue weighted by Crippen LogP contribution is 2.29. The number of carbonyl (C=O) groups is 1. The number of rotatable bonds is 5. The lowest BCUT2D eigenvalue weighted by Crippen LogP contribution is -2.12. The summed E-state index contributed by atoms with van der Waals surface area (Å²) in [7, 11) is 0. The fraction of sp³-hybridized carbons (Fsp3) is 0.333. The van der Waals surface area contributed by atoms with Crippen molar-refractivity contribution in [3.8, 4) is 0 Å². The highest BCUT2D eigenvalue weighted by Gasteiger charge is 2.22. The minimum Gasteiger partial charge on any atom is -0.369 e. The minimum atomic E-state index is 0.0319. The average Bonchev–Trinajstić information content (AvgIpc) is 3.29. The molecule has 0 saturated heterocycles. The number of aromatic nitrogens is 1. The lowest BCUT2D eigenvalue weighted by Gasteiger charge is -2.11. The zero-order valence-electron chi connectivity index (χ0n) is 12.5. The monoisotopic (exact) mass is 280 g/mol. The third-order valence-electron chi connectivity index (χ3n) is 3.81. The van der Waals surface area contributed by atoms with Gasteiger partial charge in [0.2, 0.25) is 0 Å².